The van der Waals surface area contributed by atoms with Gasteiger partial charge in [0.15, 0.2) is 0 Å². The van der Waals surface area contributed by atoms with Crippen molar-refractivity contribution >= 4 is 0 Å². The second-order valence-corrected chi connectivity index (χ2v) is 10.9. The Balaban J connectivity index is 1.19. The van der Waals surface area contributed by atoms with E-state index in [1.54, 1.807) is 14.2 Å². The van der Waals surface area contributed by atoms with Crippen LogP contribution < -0.4 is 14.2 Å². The van der Waals surface area contributed by atoms with Gasteiger partial charge in [-0.05, 0) is 128 Å². The van der Waals surface area contributed by atoms with Gasteiger partial charge in [0.1, 0.15) is 23.9 Å². The lowest BCUT2D eigenvalue weighted by Crippen LogP contribution is -2.29. The van der Waals surface area contributed by atoms with E-state index in [1.165, 1.54) is 73.0 Å². The summed E-state index contributed by atoms with van der Waals surface area (Å²) in [5, 5.41) is 0. The van der Waals surface area contributed by atoms with Crippen LogP contribution >= 0.6 is 0 Å². The molecular formula is C34H43NO3. The third kappa shape index (κ3) is 6.91. The maximum atomic E-state index is 6.07. The summed E-state index contributed by atoms with van der Waals surface area (Å²) in [7, 11) is 3.50. The van der Waals surface area contributed by atoms with Gasteiger partial charge in [0.25, 0.3) is 0 Å². The number of rotatable bonds is 10. The quantitative estimate of drug-likeness (QED) is 0.292. The van der Waals surface area contributed by atoms with Gasteiger partial charge in [0.2, 0.25) is 0 Å². The molecule has 1 fully saturated rings. The lowest BCUT2D eigenvalue weighted by atomic mass is 9.78. The minimum Gasteiger partial charge on any atom is -0.497 e. The van der Waals surface area contributed by atoms with Gasteiger partial charge in [0, 0.05) is 6.54 Å². The van der Waals surface area contributed by atoms with Gasteiger partial charge in [-0.2, -0.15) is 0 Å². The Morgan fingerprint density at radius 3 is 2.21 bits per heavy atom. The molecule has 4 nitrogen and oxygen atoms in total. The minimum absolute atomic E-state index is 0.539. The minimum atomic E-state index is 0.539. The van der Waals surface area contributed by atoms with E-state index in [0.717, 1.165) is 56.1 Å². The van der Waals surface area contributed by atoms with Gasteiger partial charge in [-0.3, -0.25) is 4.90 Å². The van der Waals surface area contributed by atoms with Crippen LogP contribution in [-0.4, -0.2) is 45.4 Å². The molecule has 0 amide bonds. The molecule has 1 unspecified atom stereocenters. The van der Waals surface area contributed by atoms with Crippen molar-refractivity contribution in [3.8, 4) is 17.2 Å². The van der Waals surface area contributed by atoms with E-state index < -0.39 is 0 Å². The van der Waals surface area contributed by atoms with Gasteiger partial charge >= 0.3 is 0 Å². The topological polar surface area (TPSA) is 30.9 Å². The Morgan fingerprint density at radius 2 is 1.45 bits per heavy atom. The second-order valence-electron chi connectivity index (χ2n) is 10.9. The second kappa shape index (κ2) is 13.2. The fourth-order valence-electron chi connectivity index (χ4n) is 6.13. The van der Waals surface area contributed by atoms with E-state index in [4.69, 9.17) is 14.2 Å². The first-order valence-electron chi connectivity index (χ1n) is 14.5. The zero-order chi connectivity index (χ0) is 26.2. The highest BCUT2D eigenvalue weighted by Crippen LogP contribution is 2.37. The zero-order valence-corrected chi connectivity index (χ0v) is 23.2. The first-order valence-corrected chi connectivity index (χ1v) is 14.5. The standard InChI is InChI=1S/C34H43NO3/c1-36-32-16-13-27-23-29(12-11-28(27)24-32)34-18-17-33(37-2)25-30(34)10-7-26-8-14-31(15-9-26)38-22-21-35-19-5-3-4-6-20-35/h8-9,13-18,24-25,29H,3-7,10-12,19-23H2,1-2H3. The number of hydrogen-bond donors (Lipinski definition) is 0. The molecule has 1 aliphatic heterocycles. The number of likely N-dealkylation sites (tertiary alicyclic amines) is 1. The molecule has 1 saturated heterocycles. The third-order valence-corrected chi connectivity index (χ3v) is 8.41. The van der Waals surface area contributed by atoms with E-state index in [9.17, 15) is 0 Å². The van der Waals surface area contributed by atoms with Crippen LogP contribution in [0.3, 0.4) is 0 Å². The van der Waals surface area contributed by atoms with Gasteiger partial charge in [-0.25, -0.2) is 0 Å². The predicted octanol–water partition coefficient (Wildman–Crippen LogP) is 7.02. The van der Waals surface area contributed by atoms with Crippen molar-refractivity contribution in [3.63, 3.8) is 0 Å². The molecule has 0 N–H and O–H groups in total. The summed E-state index contributed by atoms with van der Waals surface area (Å²) in [4.78, 5) is 2.55. The maximum absolute atomic E-state index is 6.07. The van der Waals surface area contributed by atoms with Crippen LogP contribution in [0.5, 0.6) is 17.2 Å². The van der Waals surface area contributed by atoms with E-state index in [-0.39, 0.29) is 0 Å². The summed E-state index contributed by atoms with van der Waals surface area (Å²) < 4.78 is 17.1. The van der Waals surface area contributed by atoms with Gasteiger partial charge in [0.05, 0.1) is 14.2 Å². The van der Waals surface area contributed by atoms with Crippen molar-refractivity contribution in [1.82, 2.24) is 4.90 Å². The number of fused-ring (bicyclic) bond motifs is 1. The zero-order valence-electron chi connectivity index (χ0n) is 23.2. The molecule has 5 rings (SSSR count). The van der Waals surface area contributed by atoms with E-state index in [1.807, 2.05) is 0 Å². The summed E-state index contributed by atoms with van der Waals surface area (Å²) >= 11 is 0. The van der Waals surface area contributed by atoms with Gasteiger partial charge < -0.3 is 14.2 Å². The van der Waals surface area contributed by atoms with Crippen molar-refractivity contribution in [2.45, 2.75) is 63.7 Å². The molecular weight excluding hydrogens is 470 g/mol. The molecule has 202 valence electrons. The predicted molar refractivity (Wildman–Crippen MR) is 155 cm³/mol. The molecule has 4 heteroatoms. The number of methoxy groups -OCH3 is 2. The van der Waals surface area contributed by atoms with Crippen molar-refractivity contribution in [2.24, 2.45) is 0 Å². The Morgan fingerprint density at radius 1 is 0.737 bits per heavy atom. The molecule has 0 saturated carbocycles. The molecule has 0 spiro atoms. The average Bonchev–Trinajstić information content (AvgIpc) is 3.25. The number of nitrogens with zero attached hydrogens (tertiary/aromatic N) is 1. The molecule has 3 aromatic carbocycles. The summed E-state index contributed by atoms with van der Waals surface area (Å²) in [6.45, 7) is 4.23. The molecule has 0 radical (unpaired) electrons. The Bertz CT molecular complexity index is 1160. The Labute approximate surface area is 228 Å². The van der Waals surface area contributed by atoms with Crippen LogP contribution in [-0.2, 0) is 25.7 Å². The lowest BCUT2D eigenvalue weighted by Gasteiger charge is -2.27. The summed E-state index contributed by atoms with van der Waals surface area (Å²) in [6.07, 6.45) is 10.8. The van der Waals surface area contributed by atoms with Crippen molar-refractivity contribution in [3.05, 3.63) is 88.5 Å². The largest absolute Gasteiger partial charge is 0.497 e. The van der Waals surface area contributed by atoms with Crippen LogP contribution in [0, 0.1) is 0 Å². The first-order chi connectivity index (χ1) is 18.7. The van der Waals surface area contributed by atoms with Crippen LogP contribution in [0.4, 0.5) is 0 Å². The molecule has 1 heterocycles. The third-order valence-electron chi connectivity index (χ3n) is 8.41. The summed E-state index contributed by atoms with van der Waals surface area (Å²) in [6, 6.07) is 22.0. The highest BCUT2D eigenvalue weighted by Gasteiger charge is 2.23. The highest BCUT2D eigenvalue weighted by molar-refractivity contribution is 5.43. The molecule has 0 aromatic heterocycles. The molecule has 1 aliphatic carbocycles. The van der Waals surface area contributed by atoms with E-state index >= 15 is 0 Å². The van der Waals surface area contributed by atoms with Crippen LogP contribution in [0.25, 0.3) is 0 Å². The first kappa shape index (κ1) is 26.6. The van der Waals surface area contributed by atoms with Crippen molar-refractivity contribution in [1.29, 1.82) is 0 Å². The Kier molecular flexibility index (Phi) is 9.24. The maximum Gasteiger partial charge on any atom is 0.119 e. The molecule has 1 atom stereocenters. The molecule has 3 aromatic rings. The fraction of sp³-hybridized carbons (Fsp3) is 0.471. The van der Waals surface area contributed by atoms with Crippen molar-refractivity contribution in [2.75, 3.05) is 40.5 Å². The average molecular weight is 514 g/mol. The van der Waals surface area contributed by atoms with Crippen LogP contribution in [0.2, 0.25) is 0 Å². The number of ether oxygens (including phenoxy) is 3. The smallest absolute Gasteiger partial charge is 0.119 e. The monoisotopic (exact) mass is 513 g/mol. The van der Waals surface area contributed by atoms with Gasteiger partial charge in [-0.1, -0.05) is 37.1 Å². The fourth-order valence-corrected chi connectivity index (χ4v) is 6.13. The molecule has 38 heavy (non-hydrogen) atoms. The normalized spacial score (nSPS) is 17.9. The summed E-state index contributed by atoms with van der Waals surface area (Å²) in [5.41, 5.74) is 7.11. The number of aryl methyl sites for hydroxylation is 3. The summed E-state index contributed by atoms with van der Waals surface area (Å²) in [5.74, 6) is 3.42. The lowest BCUT2D eigenvalue weighted by molar-refractivity contribution is 0.214. The number of hydrogen-bond acceptors (Lipinski definition) is 4. The molecule has 0 bridgehead atoms. The van der Waals surface area contributed by atoms with Crippen LogP contribution in [0.1, 0.15) is 65.8 Å². The molecule has 2 aliphatic rings. The van der Waals surface area contributed by atoms with E-state index in [2.05, 4.69) is 65.6 Å². The van der Waals surface area contributed by atoms with Crippen molar-refractivity contribution < 1.29 is 14.2 Å². The van der Waals surface area contributed by atoms with Gasteiger partial charge in [-0.15, -0.1) is 0 Å². The number of benzene rings is 3. The SMILES string of the molecule is COc1ccc2c(c1)CCC(c1ccc(OC)cc1CCc1ccc(OCCN3CCCCCC3)cc1)C2. The van der Waals surface area contributed by atoms with E-state index in [0.29, 0.717) is 5.92 Å². The van der Waals surface area contributed by atoms with Crippen LogP contribution in [0.15, 0.2) is 60.7 Å². The Hall–Kier alpha value is -2.98. The highest BCUT2D eigenvalue weighted by atomic mass is 16.5.